The first kappa shape index (κ1) is 12.4. The molecule has 0 aromatic heterocycles. The zero-order chi connectivity index (χ0) is 11.3. The van der Waals surface area contributed by atoms with Crippen molar-refractivity contribution in [1.82, 2.24) is 5.32 Å². The van der Waals surface area contributed by atoms with Crippen LogP contribution in [0.1, 0.15) is 13.8 Å². The molecule has 3 N–H and O–H groups in total. The lowest BCUT2D eigenvalue weighted by Crippen LogP contribution is -2.37. The zero-order valence-electron chi connectivity index (χ0n) is 7.98. The summed E-state index contributed by atoms with van der Waals surface area (Å²) in [7, 11) is 0. The van der Waals surface area contributed by atoms with Crippen molar-refractivity contribution in [3.8, 4) is 0 Å². The minimum Gasteiger partial charge on any atom is -0.481 e. The van der Waals surface area contributed by atoms with Gasteiger partial charge in [-0.2, -0.15) is 0 Å². The third-order valence-electron chi connectivity index (χ3n) is 1.97. The molecule has 0 aliphatic carbocycles. The van der Waals surface area contributed by atoms with Crippen molar-refractivity contribution in [3.63, 3.8) is 0 Å². The van der Waals surface area contributed by atoms with E-state index in [4.69, 9.17) is 10.2 Å². The fraction of sp³-hybridized carbons (Fsp3) is 0.625. The number of nitrogens with one attached hydrogen (secondary N) is 1. The average molecular weight is 203 g/mol. The van der Waals surface area contributed by atoms with Gasteiger partial charge in [-0.15, -0.1) is 0 Å². The van der Waals surface area contributed by atoms with Crippen LogP contribution in [-0.2, 0) is 14.4 Å². The number of carboxylic acid groups (broad SMARTS) is 2. The molecule has 2 unspecified atom stereocenters. The molecule has 0 rings (SSSR count). The molecular formula is C8H13NO5. The summed E-state index contributed by atoms with van der Waals surface area (Å²) in [5.74, 6) is -4.38. The van der Waals surface area contributed by atoms with Crippen LogP contribution in [-0.4, -0.2) is 34.6 Å². The van der Waals surface area contributed by atoms with Crippen molar-refractivity contribution >= 4 is 17.8 Å². The number of amides is 1. The van der Waals surface area contributed by atoms with Crippen LogP contribution in [0.15, 0.2) is 0 Å². The second-order valence-corrected chi connectivity index (χ2v) is 3.03. The molecule has 0 spiro atoms. The number of carbonyl (C=O) groups is 3. The highest BCUT2D eigenvalue weighted by atomic mass is 16.4. The number of aliphatic carboxylic acids is 2. The number of carbonyl (C=O) groups excluding carboxylic acids is 1. The Morgan fingerprint density at radius 2 is 1.64 bits per heavy atom. The summed E-state index contributed by atoms with van der Waals surface area (Å²) in [6, 6.07) is 0. The van der Waals surface area contributed by atoms with Crippen LogP contribution in [0.3, 0.4) is 0 Å². The quantitative estimate of drug-likeness (QED) is 0.561. The first-order valence-electron chi connectivity index (χ1n) is 4.08. The summed E-state index contributed by atoms with van der Waals surface area (Å²) < 4.78 is 0. The van der Waals surface area contributed by atoms with Crippen LogP contribution in [0.25, 0.3) is 0 Å². The fourth-order valence-corrected chi connectivity index (χ4v) is 0.765. The Hall–Kier alpha value is -1.59. The summed E-state index contributed by atoms with van der Waals surface area (Å²) in [5, 5.41) is 19.0. The van der Waals surface area contributed by atoms with Gasteiger partial charge in [0.05, 0.1) is 5.92 Å². The lowest BCUT2D eigenvalue weighted by Gasteiger charge is -2.14. The van der Waals surface area contributed by atoms with Crippen molar-refractivity contribution < 1.29 is 24.6 Å². The SMILES string of the molecule is CC(C(=O)O)C(C)C(=O)NCC(=O)O. The van der Waals surface area contributed by atoms with Crippen molar-refractivity contribution in [3.05, 3.63) is 0 Å². The Morgan fingerprint density at radius 3 is 2.00 bits per heavy atom. The molecule has 0 aromatic carbocycles. The summed E-state index contributed by atoms with van der Waals surface area (Å²) >= 11 is 0. The van der Waals surface area contributed by atoms with Gasteiger partial charge in [-0.3, -0.25) is 14.4 Å². The van der Waals surface area contributed by atoms with E-state index < -0.39 is 36.2 Å². The monoisotopic (exact) mass is 203 g/mol. The Kier molecular flexibility index (Phi) is 4.62. The van der Waals surface area contributed by atoms with Gasteiger partial charge >= 0.3 is 11.9 Å². The van der Waals surface area contributed by atoms with E-state index in [0.717, 1.165) is 0 Å². The van der Waals surface area contributed by atoms with E-state index >= 15 is 0 Å². The average Bonchev–Trinajstić information content (AvgIpc) is 2.11. The Balaban J connectivity index is 4.11. The standard InChI is InChI=1S/C8H13NO5/c1-4(5(2)8(13)14)7(12)9-3-6(10)11/h4-5H,3H2,1-2H3,(H,9,12)(H,10,11)(H,13,14). The Morgan fingerprint density at radius 1 is 1.14 bits per heavy atom. The van der Waals surface area contributed by atoms with Crippen molar-refractivity contribution in [1.29, 1.82) is 0 Å². The predicted molar refractivity (Wildman–Crippen MR) is 46.6 cm³/mol. The maximum Gasteiger partial charge on any atom is 0.322 e. The molecule has 0 aromatic rings. The van der Waals surface area contributed by atoms with Crippen LogP contribution >= 0.6 is 0 Å². The largest absolute Gasteiger partial charge is 0.481 e. The van der Waals surface area contributed by atoms with Crippen molar-refractivity contribution in [2.24, 2.45) is 11.8 Å². The molecule has 0 aliphatic rings. The summed E-state index contributed by atoms with van der Waals surface area (Å²) in [4.78, 5) is 31.7. The van der Waals surface area contributed by atoms with E-state index in [1.807, 2.05) is 0 Å². The summed E-state index contributed by atoms with van der Waals surface area (Å²) in [6.07, 6.45) is 0. The normalized spacial score (nSPS) is 14.1. The van der Waals surface area contributed by atoms with E-state index in [0.29, 0.717) is 0 Å². The molecule has 14 heavy (non-hydrogen) atoms. The van der Waals surface area contributed by atoms with Crippen LogP contribution in [0.4, 0.5) is 0 Å². The molecule has 0 aliphatic heterocycles. The molecule has 0 saturated heterocycles. The van der Waals surface area contributed by atoms with Crippen LogP contribution in [0.2, 0.25) is 0 Å². The maximum absolute atomic E-state index is 11.2. The van der Waals surface area contributed by atoms with Gasteiger partial charge in [0.2, 0.25) is 5.91 Å². The van der Waals surface area contributed by atoms with E-state index in [1.54, 1.807) is 0 Å². The van der Waals surface area contributed by atoms with Gasteiger partial charge in [0.15, 0.2) is 0 Å². The van der Waals surface area contributed by atoms with Gasteiger partial charge in [0.25, 0.3) is 0 Å². The van der Waals surface area contributed by atoms with Gasteiger partial charge < -0.3 is 15.5 Å². The van der Waals surface area contributed by atoms with Crippen LogP contribution in [0, 0.1) is 11.8 Å². The lowest BCUT2D eigenvalue weighted by atomic mass is 9.95. The topological polar surface area (TPSA) is 104 Å². The maximum atomic E-state index is 11.2. The van der Waals surface area contributed by atoms with E-state index in [9.17, 15) is 14.4 Å². The van der Waals surface area contributed by atoms with Crippen LogP contribution in [0.5, 0.6) is 0 Å². The molecule has 0 radical (unpaired) electrons. The first-order chi connectivity index (χ1) is 6.36. The molecule has 6 nitrogen and oxygen atoms in total. The van der Waals surface area contributed by atoms with E-state index in [1.165, 1.54) is 13.8 Å². The van der Waals surface area contributed by atoms with E-state index in [-0.39, 0.29) is 0 Å². The Bertz CT molecular complexity index is 250. The second kappa shape index (κ2) is 5.21. The van der Waals surface area contributed by atoms with Gasteiger partial charge in [0, 0.05) is 5.92 Å². The molecule has 1 amide bonds. The van der Waals surface area contributed by atoms with Gasteiger partial charge in [0.1, 0.15) is 6.54 Å². The molecule has 0 fully saturated rings. The second-order valence-electron chi connectivity index (χ2n) is 3.03. The van der Waals surface area contributed by atoms with Crippen molar-refractivity contribution in [2.45, 2.75) is 13.8 Å². The lowest BCUT2D eigenvalue weighted by molar-refractivity contribution is -0.146. The predicted octanol–water partition coefficient (Wildman–Crippen LogP) is -0.456. The van der Waals surface area contributed by atoms with Gasteiger partial charge in [-0.25, -0.2) is 0 Å². The number of carboxylic acids is 2. The number of hydrogen-bond acceptors (Lipinski definition) is 3. The highest BCUT2D eigenvalue weighted by Crippen LogP contribution is 2.10. The van der Waals surface area contributed by atoms with Crippen LogP contribution < -0.4 is 5.32 Å². The highest BCUT2D eigenvalue weighted by Gasteiger charge is 2.25. The van der Waals surface area contributed by atoms with E-state index in [2.05, 4.69) is 5.32 Å². The highest BCUT2D eigenvalue weighted by molar-refractivity contribution is 5.86. The minimum atomic E-state index is -1.16. The number of hydrogen-bond donors (Lipinski definition) is 3. The first-order valence-corrected chi connectivity index (χ1v) is 4.08. The fourth-order valence-electron chi connectivity index (χ4n) is 0.765. The smallest absolute Gasteiger partial charge is 0.322 e. The molecule has 0 saturated carbocycles. The zero-order valence-corrected chi connectivity index (χ0v) is 7.98. The summed E-state index contributed by atoms with van der Waals surface area (Å²) in [5.41, 5.74) is 0. The molecular weight excluding hydrogens is 190 g/mol. The molecule has 0 heterocycles. The summed E-state index contributed by atoms with van der Waals surface area (Å²) in [6.45, 7) is 2.35. The molecule has 6 heteroatoms. The molecule has 80 valence electrons. The molecule has 2 atom stereocenters. The third-order valence-corrected chi connectivity index (χ3v) is 1.97. The molecule has 0 bridgehead atoms. The van der Waals surface area contributed by atoms with Gasteiger partial charge in [-0.05, 0) is 0 Å². The third kappa shape index (κ3) is 3.88. The van der Waals surface area contributed by atoms with Gasteiger partial charge in [-0.1, -0.05) is 13.8 Å². The minimum absolute atomic E-state index is 0.491. The number of rotatable bonds is 5. The van der Waals surface area contributed by atoms with Crippen molar-refractivity contribution in [2.75, 3.05) is 6.54 Å². The Labute approximate surface area is 80.9 Å².